The molecule has 6 nitrogen and oxygen atoms in total. The van der Waals surface area contributed by atoms with Crippen LogP contribution in [-0.4, -0.2) is 39.7 Å². The minimum absolute atomic E-state index is 0.157. The van der Waals surface area contributed by atoms with E-state index >= 15 is 0 Å². The summed E-state index contributed by atoms with van der Waals surface area (Å²) in [4.78, 5) is 11.7. The normalized spacial score (nSPS) is 22.4. The van der Waals surface area contributed by atoms with E-state index in [0.29, 0.717) is 13.0 Å². The van der Waals surface area contributed by atoms with Gasteiger partial charge in [-0.1, -0.05) is 0 Å². The Morgan fingerprint density at radius 2 is 2.33 bits per heavy atom. The average molecular weight is 173 g/mol. The van der Waals surface area contributed by atoms with E-state index in [4.69, 9.17) is 15.7 Å². The molecule has 1 aliphatic rings. The van der Waals surface area contributed by atoms with E-state index in [1.54, 1.807) is 5.48 Å². The maximum absolute atomic E-state index is 10.6. The van der Waals surface area contributed by atoms with Gasteiger partial charge in [-0.15, -0.1) is 0 Å². The summed E-state index contributed by atoms with van der Waals surface area (Å²) in [7, 11) is 0. The second-order valence-corrected chi connectivity index (χ2v) is 2.66. The molecule has 4 N–H and O–H groups in total. The van der Waals surface area contributed by atoms with Crippen molar-refractivity contribution in [3.05, 3.63) is 0 Å². The van der Waals surface area contributed by atoms with Gasteiger partial charge in [0.2, 0.25) is 0 Å². The van der Waals surface area contributed by atoms with Crippen molar-refractivity contribution in [2.75, 3.05) is 6.54 Å². The maximum atomic E-state index is 10.6. The summed E-state index contributed by atoms with van der Waals surface area (Å²) in [5, 5.41) is 24.2. The van der Waals surface area contributed by atoms with Gasteiger partial charge in [-0.25, -0.2) is 4.79 Å². The monoisotopic (exact) mass is 173 g/mol. The Morgan fingerprint density at radius 3 is 2.83 bits per heavy atom. The lowest BCUT2D eigenvalue weighted by molar-refractivity contribution is 0.145. The summed E-state index contributed by atoms with van der Waals surface area (Å²) >= 11 is 0. The van der Waals surface area contributed by atoms with Gasteiger partial charge < -0.3 is 5.11 Å². The van der Waals surface area contributed by atoms with Crippen LogP contribution in [0.5, 0.6) is 0 Å². The number of hydrogen-bond donors (Lipinski definition) is 4. The summed E-state index contributed by atoms with van der Waals surface area (Å²) in [6.45, 7) is 0.435. The number of carbonyl (C=O) groups is 1. The molecule has 1 rings (SSSR count). The van der Waals surface area contributed by atoms with Crippen LogP contribution in [0.3, 0.4) is 0 Å². The van der Waals surface area contributed by atoms with Gasteiger partial charge in [0.1, 0.15) is 5.84 Å². The minimum atomic E-state index is -1.04. The molecule has 0 radical (unpaired) electrons. The number of hydrogen-bond acceptors (Lipinski definition) is 3. The molecule has 0 aromatic carbocycles. The first kappa shape index (κ1) is 8.79. The predicted octanol–water partition coefficient (Wildman–Crippen LogP) is 0.0849. The molecule has 0 bridgehead atoms. The summed E-state index contributed by atoms with van der Waals surface area (Å²) in [5.41, 5.74) is 1.67. The van der Waals surface area contributed by atoms with Crippen molar-refractivity contribution in [3.8, 4) is 0 Å². The Labute approximate surface area is 69.3 Å². The number of rotatable bonds is 1. The first-order valence-corrected chi connectivity index (χ1v) is 3.65. The van der Waals surface area contributed by atoms with Crippen LogP contribution >= 0.6 is 0 Å². The van der Waals surface area contributed by atoms with Gasteiger partial charge >= 0.3 is 6.09 Å². The third-order valence-electron chi connectivity index (χ3n) is 1.95. The topological polar surface area (TPSA) is 96.7 Å². The number of likely N-dealkylation sites (tertiary alicyclic amines) is 1. The molecular weight excluding hydrogens is 162 g/mol. The van der Waals surface area contributed by atoms with Gasteiger partial charge in [-0.05, 0) is 12.8 Å². The average Bonchev–Trinajstić information content (AvgIpc) is 2.50. The highest BCUT2D eigenvalue weighted by molar-refractivity contribution is 5.87. The Morgan fingerprint density at radius 1 is 1.67 bits per heavy atom. The summed E-state index contributed by atoms with van der Waals surface area (Å²) in [5.74, 6) is -0.157. The quantitative estimate of drug-likeness (QED) is 0.256. The van der Waals surface area contributed by atoms with Crippen molar-refractivity contribution in [1.82, 2.24) is 10.4 Å². The molecule has 1 atom stereocenters. The Hall–Kier alpha value is -1.30. The van der Waals surface area contributed by atoms with E-state index < -0.39 is 12.1 Å². The third-order valence-corrected chi connectivity index (χ3v) is 1.95. The standard InChI is InChI=1S/C6H11N3O3/c7-5(8-12)4-2-1-3-9(4)6(10)11/h4,12H,1-3H2,(H2,7,8)(H,10,11)/t4-/m1/s1. The van der Waals surface area contributed by atoms with Gasteiger partial charge in [0, 0.05) is 6.54 Å². The highest BCUT2D eigenvalue weighted by atomic mass is 16.5. The molecule has 1 amide bonds. The van der Waals surface area contributed by atoms with Gasteiger partial charge in [0.15, 0.2) is 0 Å². The summed E-state index contributed by atoms with van der Waals surface area (Å²) < 4.78 is 0. The van der Waals surface area contributed by atoms with Crippen LogP contribution in [0.1, 0.15) is 12.8 Å². The molecule has 68 valence electrons. The Kier molecular flexibility index (Phi) is 2.49. The molecule has 0 aromatic heterocycles. The van der Waals surface area contributed by atoms with Crippen LogP contribution in [0, 0.1) is 5.41 Å². The van der Waals surface area contributed by atoms with Crippen molar-refractivity contribution < 1.29 is 15.1 Å². The van der Waals surface area contributed by atoms with E-state index in [1.165, 1.54) is 0 Å². The fraction of sp³-hybridized carbons (Fsp3) is 0.667. The molecule has 0 aliphatic carbocycles. The molecule has 0 aromatic rings. The Balaban J connectivity index is 2.63. The first-order chi connectivity index (χ1) is 5.66. The predicted molar refractivity (Wildman–Crippen MR) is 40.4 cm³/mol. The van der Waals surface area contributed by atoms with E-state index in [0.717, 1.165) is 11.3 Å². The zero-order valence-electron chi connectivity index (χ0n) is 6.45. The number of carboxylic acid groups (broad SMARTS) is 1. The lowest BCUT2D eigenvalue weighted by atomic mass is 10.2. The molecule has 1 heterocycles. The number of amidine groups is 1. The lowest BCUT2D eigenvalue weighted by Gasteiger charge is -2.20. The smallest absolute Gasteiger partial charge is 0.407 e. The van der Waals surface area contributed by atoms with Crippen molar-refractivity contribution >= 4 is 11.9 Å². The van der Waals surface area contributed by atoms with E-state index in [2.05, 4.69) is 0 Å². The van der Waals surface area contributed by atoms with Crippen LogP contribution in [-0.2, 0) is 0 Å². The maximum Gasteiger partial charge on any atom is 0.407 e. The Bertz CT molecular complexity index is 206. The largest absolute Gasteiger partial charge is 0.465 e. The molecule has 1 saturated heterocycles. The number of hydroxylamine groups is 1. The lowest BCUT2D eigenvalue weighted by Crippen LogP contribution is -2.44. The van der Waals surface area contributed by atoms with Crippen LogP contribution < -0.4 is 5.48 Å². The molecule has 12 heavy (non-hydrogen) atoms. The van der Waals surface area contributed by atoms with Crippen molar-refractivity contribution in [2.45, 2.75) is 18.9 Å². The van der Waals surface area contributed by atoms with Crippen molar-refractivity contribution in [1.29, 1.82) is 5.41 Å². The highest BCUT2D eigenvalue weighted by Crippen LogP contribution is 2.16. The first-order valence-electron chi connectivity index (χ1n) is 3.65. The molecule has 1 aliphatic heterocycles. The van der Waals surface area contributed by atoms with Gasteiger partial charge in [0.25, 0.3) is 0 Å². The zero-order valence-corrected chi connectivity index (χ0v) is 6.45. The number of nitrogens with zero attached hydrogens (tertiary/aromatic N) is 1. The second kappa shape index (κ2) is 3.40. The molecular formula is C6H11N3O3. The van der Waals surface area contributed by atoms with Crippen LogP contribution in [0.2, 0.25) is 0 Å². The summed E-state index contributed by atoms with van der Waals surface area (Å²) in [6, 6.07) is -0.507. The van der Waals surface area contributed by atoms with Gasteiger partial charge in [-0.2, -0.15) is 0 Å². The van der Waals surface area contributed by atoms with E-state index in [1.807, 2.05) is 0 Å². The highest BCUT2D eigenvalue weighted by Gasteiger charge is 2.31. The summed E-state index contributed by atoms with van der Waals surface area (Å²) in [6.07, 6.45) is 0.289. The fourth-order valence-corrected chi connectivity index (χ4v) is 1.37. The molecule has 0 spiro atoms. The van der Waals surface area contributed by atoms with Crippen LogP contribution in [0.25, 0.3) is 0 Å². The SMILES string of the molecule is N=C(NO)[C@H]1CCCN1C(=O)O. The molecule has 6 heteroatoms. The minimum Gasteiger partial charge on any atom is -0.465 e. The van der Waals surface area contributed by atoms with Crippen molar-refractivity contribution in [2.24, 2.45) is 0 Å². The number of nitrogens with one attached hydrogen (secondary N) is 2. The second-order valence-electron chi connectivity index (χ2n) is 2.66. The van der Waals surface area contributed by atoms with Gasteiger partial charge in [-0.3, -0.25) is 21.0 Å². The molecule has 0 saturated carbocycles. The number of amides is 1. The third kappa shape index (κ3) is 1.48. The zero-order chi connectivity index (χ0) is 9.14. The van der Waals surface area contributed by atoms with Gasteiger partial charge in [0.05, 0.1) is 6.04 Å². The van der Waals surface area contributed by atoms with Crippen molar-refractivity contribution in [3.63, 3.8) is 0 Å². The molecule has 1 fully saturated rings. The van der Waals surface area contributed by atoms with E-state index in [-0.39, 0.29) is 5.84 Å². The fourth-order valence-electron chi connectivity index (χ4n) is 1.37. The van der Waals surface area contributed by atoms with Crippen LogP contribution in [0.4, 0.5) is 4.79 Å². The van der Waals surface area contributed by atoms with Crippen LogP contribution in [0.15, 0.2) is 0 Å². The molecule has 0 unspecified atom stereocenters. The van der Waals surface area contributed by atoms with E-state index in [9.17, 15) is 4.79 Å².